The average Bonchev–Trinajstić information content (AvgIpc) is 2.58. The van der Waals surface area contributed by atoms with E-state index in [2.05, 4.69) is 18.2 Å². The summed E-state index contributed by atoms with van der Waals surface area (Å²) in [5.41, 5.74) is 0. The molecule has 2 saturated carbocycles. The average molecular weight is 159 g/mol. The Morgan fingerprint density at radius 3 is 2.83 bits per heavy atom. The van der Waals surface area contributed by atoms with Crippen LogP contribution in [0.4, 0.5) is 0 Å². The fourth-order valence-electron chi connectivity index (χ4n) is 3.68. The molecule has 12 heavy (non-hydrogen) atoms. The Morgan fingerprint density at radius 1 is 1.17 bits per heavy atom. The van der Waals surface area contributed by atoms with Crippen molar-refractivity contribution in [3.8, 4) is 6.07 Å². The SMILES string of the molecule is N#C[C@@H]1C=C[C@@H]2[C@@H]3CCC[C@@H]3[C@@H]21. The van der Waals surface area contributed by atoms with E-state index in [1.165, 1.54) is 19.3 Å². The molecule has 0 aromatic rings. The number of fused-ring (bicyclic) bond motifs is 4. The summed E-state index contributed by atoms with van der Waals surface area (Å²) in [6.45, 7) is 0. The lowest BCUT2D eigenvalue weighted by Gasteiger charge is -2.46. The maximum absolute atomic E-state index is 8.91. The van der Waals surface area contributed by atoms with Gasteiger partial charge in [-0.3, -0.25) is 0 Å². The van der Waals surface area contributed by atoms with E-state index in [1.807, 2.05) is 0 Å². The van der Waals surface area contributed by atoms with Gasteiger partial charge in [0.2, 0.25) is 0 Å². The summed E-state index contributed by atoms with van der Waals surface area (Å²) in [6, 6.07) is 2.42. The zero-order valence-electron chi connectivity index (χ0n) is 7.11. The maximum atomic E-state index is 8.91. The number of allylic oxidation sites excluding steroid dienone is 2. The smallest absolute Gasteiger partial charge is 0.0700 e. The van der Waals surface area contributed by atoms with E-state index in [1.54, 1.807) is 0 Å². The van der Waals surface area contributed by atoms with Gasteiger partial charge in [-0.2, -0.15) is 5.26 Å². The molecule has 2 fully saturated rings. The van der Waals surface area contributed by atoms with Crippen molar-refractivity contribution in [2.24, 2.45) is 29.6 Å². The van der Waals surface area contributed by atoms with Crippen molar-refractivity contribution < 1.29 is 0 Å². The molecule has 0 bridgehead atoms. The van der Waals surface area contributed by atoms with Crippen molar-refractivity contribution >= 4 is 0 Å². The highest BCUT2D eigenvalue weighted by Gasteiger charge is 2.55. The van der Waals surface area contributed by atoms with Crippen LogP contribution in [-0.2, 0) is 0 Å². The molecular weight excluding hydrogens is 146 g/mol. The monoisotopic (exact) mass is 159 g/mol. The van der Waals surface area contributed by atoms with Crippen molar-refractivity contribution in [3.05, 3.63) is 12.2 Å². The molecular formula is C11H13N. The van der Waals surface area contributed by atoms with Crippen LogP contribution in [0.1, 0.15) is 19.3 Å². The Hall–Kier alpha value is -0.770. The number of nitriles is 1. The predicted octanol–water partition coefficient (Wildman–Crippen LogP) is 2.36. The van der Waals surface area contributed by atoms with E-state index < -0.39 is 0 Å². The lowest BCUT2D eigenvalue weighted by Crippen LogP contribution is -2.43. The molecule has 0 aromatic heterocycles. The Bertz CT molecular complexity index is 273. The van der Waals surface area contributed by atoms with E-state index in [9.17, 15) is 0 Å². The van der Waals surface area contributed by atoms with Crippen LogP contribution >= 0.6 is 0 Å². The zero-order valence-corrected chi connectivity index (χ0v) is 7.11. The Labute approximate surface area is 73.1 Å². The molecule has 0 unspecified atom stereocenters. The van der Waals surface area contributed by atoms with Crippen LogP contribution in [0.3, 0.4) is 0 Å². The number of nitrogens with zero attached hydrogens (tertiary/aromatic N) is 1. The standard InChI is InChI=1S/C11H13N/c12-6-7-4-5-10-8-2-1-3-9(8)11(7)10/h4-5,7-11H,1-3H2/t7-,8+,9-,10+,11-/m0/s1. The van der Waals surface area contributed by atoms with Gasteiger partial charge < -0.3 is 0 Å². The minimum atomic E-state index is 0.259. The van der Waals surface area contributed by atoms with Crippen LogP contribution in [0.2, 0.25) is 0 Å². The van der Waals surface area contributed by atoms with E-state index in [0.29, 0.717) is 0 Å². The number of hydrogen-bond acceptors (Lipinski definition) is 1. The molecule has 0 aromatic carbocycles. The summed E-state index contributed by atoms with van der Waals surface area (Å²) < 4.78 is 0. The highest BCUT2D eigenvalue weighted by Crippen LogP contribution is 2.61. The van der Waals surface area contributed by atoms with Crippen LogP contribution in [-0.4, -0.2) is 0 Å². The first-order valence-corrected chi connectivity index (χ1v) is 5.00. The molecule has 0 aliphatic heterocycles. The molecule has 0 saturated heterocycles. The third-order valence-corrected chi connectivity index (χ3v) is 4.16. The van der Waals surface area contributed by atoms with Gasteiger partial charge in [0.15, 0.2) is 0 Å². The van der Waals surface area contributed by atoms with Gasteiger partial charge in [0, 0.05) is 0 Å². The second-order valence-corrected chi connectivity index (χ2v) is 4.45. The fraction of sp³-hybridized carbons (Fsp3) is 0.727. The van der Waals surface area contributed by atoms with E-state index in [0.717, 1.165) is 23.7 Å². The summed E-state index contributed by atoms with van der Waals surface area (Å²) in [4.78, 5) is 0. The van der Waals surface area contributed by atoms with Gasteiger partial charge in [0.1, 0.15) is 0 Å². The predicted molar refractivity (Wildman–Crippen MR) is 46.1 cm³/mol. The van der Waals surface area contributed by atoms with Gasteiger partial charge in [0.05, 0.1) is 12.0 Å². The molecule has 3 aliphatic rings. The molecule has 0 heterocycles. The van der Waals surface area contributed by atoms with Crippen LogP contribution in [0.5, 0.6) is 0 Å². The Kier molecular flexibility index (Phi) is 1.19. The van der Waals surface area contributed by atoms with Gasteiger partial charge in [-0.15, -0.1) is 0 Å². The highest BCUT2D eigenvalue weighted by atomic mass is 14.6. The van der Waals surface area contributed by atoms with Crippen molar-refractivity contribution in [3.63, 3.8) is 0 Å². The molecule has 5 atom stereocenters. The first-order chi connectivity index (χ1) is 5.92. The molecule has 1 nitrogen and oxygen atoms in total. The Morgan fingerprint density at radius 2 is 2.00 bits per heavy atom. The second-order valence-electron chi connectivity index (χ2n) is 4.45. The molecule has 0 spiro atoms. The summed E-state index contributed by atoms with van der Waals surface area (Å²) in [5.74, 6) is 3.65. The summed E-state index contributed by atoms with van der Waals surface area (Å²) in [5, 5.41) is 8.91. The molecule has 62 valence electrons. The van der Waals surface area contributed by atoms with Gasteiger partial charge in [-0.1, -0.05) is 18.6 Å². The maximum Gasteiger partial charge on any atom is 0.0700 e. The molecule has 0 N–H and O–H groups in total. The van der Waals surface area contributed by atoms with Gasteiger partial charge in [-0.05, 0) is 36.5 Å². The second kappa shape index (κ2) is 2.13. The zero-order chi connectivity index (χ0) is 8.13. The van der Waals surface area contributed by atoms with Crippen molar-refractivity contribution in [2.45, 2.75) is 19.3 Å². The van der Waals surface area contributed by atoms with Crippen LogP contribution in [0.25, 0.3) is 0 Å². The molecule has 0 radical (unpaired) electrons. The van der Waals surface area contributed by atoms with Crippen molar-refractivity contribution in [1.82, 2.24) is 0 Å². The van der Waals surface area contributed by atoms with E-state index in [4.69, 9.17) is 5.26 Å². The minimum Gasteiger partial charge on any atom is -0.198 e. The van der Waals surface area contributed by atoms with Crippen molar-refractivity contribution in [1.29, 1.82) is 5.26 Å². The quantitative estimate of drug-likeness (QED) is 0.498. The van der Waals surface area contributed by atoms with Gasteiger partial charge >= 0.3 is 0 Å². The lowest BCUT2D eigenvalue weighted by molar-refractivity contribution is 0.0336. The topological polar surface area (TPSA) is 23.8 Å². The summed E-state index contributed by atoms with van der Waals surface area (Å²) >= 11 is 0. The lowest BCUT2D eigenvalue weighted by atomic mass is 9.57. The first-order valence-electron chi connectivity index (χ1n) is 5.00. The van der Waals surface area contributed by atoms with Gasteiger partial charge in [0.25, 0.3) is 0 Å². The van der Waals surface area contributed by atoms with E-state index >= 15 is 0 Å². The van der Waals surface area contributed by atoms with E-state index in [-0.39, 0.29) is 5.92 Å². The van der Waals surface area contributed by atoms with Gasteiger partial charge in [-0.25, -0.2) is 0 Å². The fourth-order valence-corrected chi connectivity index (χ4v) is 3.68. The van der Waals surface area contributed by atoms with Crippen LogP contribution < -0.4 is 0 Å². The van der Waals surface area contributed by atoms with Crippen molar-refractivity contribution in [2.75, 3.05) is 0 Å². The molecule has 3 aliphatic carbocycles. The van der Waals surface area contributed by atoms with Crippen LogP contribution in [0.15, 0.2) is 12.2 Å². The molecule has 3 rings (SSSR count). The third kappa shape index (κ3) is 0.602. The molecule has 1 heteroatoms. The normalized spacial score (nSPS) is 54.1. The Balaban J connectivity index is 1.88. The largest absolute Gasteiger partial charge is 0.198 e. The third-order valence-electron chi connectivity index (χ3n) is 4.16. The first kappa shape index (κ1) is 6.71. The number of hydrogen-bond donors (Lipinski definition) is 0. The minimum absolute atomic E-state index is 0.259. The molecule has 0 amide bonds. The number of rotatable bonds is 0. The van der Waals surface area contributed by atoms with Crippen LogP contribution in [0, 0.1) is 40.9 Å². The summed E-state index contributed by atoms with van der Waals surface area (Å²) in [7, 11) is 0. The summed E-state index contributed by atoms with van der Waals surface area (Å²) in [6.07, 6.45) is 8.69. The highest BCUT2D eigenvalue weighted by molar-refractivity contribution is 5.23.